The Labute approximate surface area is 162 Å². The highest BCUT2D eigenvalue weighted by Crippen LogP contribution is 2.25. The van der Waals surface area contributed by atoms with Crippen molar-refractivity contribution in [1.82, 2.24) is 14.9 Å². The van der Waals surface area contributed by atoms with Crippen LogP contribution in [0.3, 0.4) is 0 Å². The van der Waals surface area contributed by atoms with Crippen molar-refractivity contribution in [3.63, 3.8) is 0 Å². The Balaban J connectivity index is 1.37. The third-order valence-electron chi connectivity index (χ3n) is 5.81. The second kappa shape index (κ2) is 8.13. The first-order valence-electron chi connectivity index (χ1n) is 10.2. The van der Waals surface area contributed by atoms with Crippen LogP contribution in [0.5, 0.6) is 0 Å². The molecule has 4 rings (SSSR count). The molecule has 0 unspecified atom stereocenters. The molecule has 4 nitrogen and oxygen atoms in total. The van der Waals surface area contributed by atoms with Crippen LogP contribution in [0.15, 0.2) is 48.7 Å². The van der Waals surface area contributed by atoms with Crippen LogP contribution in [-0.2, 0) is 13.0 Å². The maximum atomic E-state index is 4.69. The quantitative estimate of drug-likeness (QED) is 0.695. The molecule has 0 bridgehead atoms. The van der Waals surface area contributed by atoms with Gasteiger partial charge in [0.05, 0.1) is 0 Å². The van der Waals surface area contributed by atoms with Gasteiger partial charge in [-0.1, -0.05) is 37.6 Å². The lowest BCUT2D eigenvalue weighted by Gasteiger charge is -2.37. The molecule has 1 aliphatic rings. The molecule has 1 fully saturated rings. The number of aryl methyl sites for hydroxylation is 1. The molecule has 27 heavy (non-hydrogen) atoms. The fourth-order valence-electron chi connectivity index (χ4n) is 4.31. The van der Waals surface area contributed by atoms with Crippen molar-refractivity contribution in [3.05, 3.63) is 59.9 Å². The number of para-hydroxylation sites is 1. The third kappa shape index (κ3) is 4.01. The smallest absolute Gasteiger partial charge is 0.131 e. The number of aromatic amines is 1. The number of nitrogens with one attached hydrogen (secondary N) is 1. The Hall–Kier alpha value is -2.33. The largest absolute Gasteiger partial charge is 0.357 e. The number of piperidine rings is 1. The van der Waals surface area contributed by atoms with Gasteiger partial charge in [0.15, 0.2) is 0 Å². The van der Waals surface area contributed by atoms with Gasteiger partial charge < -0.3 is 9.88 Å². The van der Waals surface area contributed by atoms with E-state index in [-0.39, 0.29) is 0 Å². The van der Waals surface area contributed by atoms with E-state index in [2.05, 4.69) is 71.2 Å². The highest BCUT2D eigenvalue weighted by atomic mass is 15.2. The minimum absolute atomic E-state index is 0.578. The average molecular weight is 363 g/mol. The summed E-state index contributed by atoms with van der Waals surface area (Å²) in [6.07, 6.45) is 6.58. The Bertz CT molecular complexity index is 844. The summed E-state index contributed by atoms with van der Waals surface area (Å²) in [7, 11) is 2.22. The van der Waals surface area contributed by atoms with Crippen molar-refractivity contribution in [2.45, 2.75) is 45.2 Å². The molecule has 0 atom stereocenters. The highest BCUT2D eigenvalue weighted by Gasteiger charge is 2.24. The van der Waals surface area contributed by atoms with Gasteiger partial charge in [-0.15, -0.1) is 0 Å². The van der Waals surface area contributed by atoms with Gasteiger partial charge in [0, 0.05) is 50.1 Å². The second-order valence-electron chi connectivity index (χ2n) is 7.74. The van der Waals surface area contributed by atoms with E-state index in [4.69, 9.17) is 4.98 Å². The Morgan fingerprint density at radius 3 is 2.74 bits per heavy atom. The normalized spacial score (nSPS) is 16.1. The molecule has 0 spiro atoms. The van der Waals surface area contributed by atoms with Gasteiger partial charge in [-0.2, -0.15) is 0 Å². The Morgan fingerprint density at radius 2 is 1.96 bits per heavy atom. The first-order chi connectivity index (χ1) is 13.2. The zero-order valence-corrected chi connectivity index (χ0v) is 16.5. The molecule has 0 saturated carbocycles. The minimum Gasteiger partial charge on any atom is -0.357 e. The summed E-state index contributed by atoms with van der Waals surface area (Å²) in [6.45, 7) is 5.52. The van der Waals surface area contributed by atoms with Crippen LogP contribution in [-0.4, -0.2) is 41.0 Å². The average Bonchev–Trinajstić information content (AvgIpc) is 3.11. The number of nitrogens with zero attached hydrogens (tertiary/aromatic N) is 3. The van der Waals surface area contributed by atoms with Crippen molar-refractivity contribution < 1.29 is 0 Å². The number of hydrogen-bond donors (Lipinski definition) is 1. The number of fused-ring (bicyclic) bond motifs is 1. The van der Waals surface area contributed by atoms with E-state index in [0.29, 0.717) is 6.04 Å². The van der Waals surface area contributed by atoms with E-state index in [1.165, 1.54) is 40.8 Å². The molecule has 1 aliphatic heterocycles. The van der Waals surface area contributed by atoms with Crippen LogP contribution in [0, 0.1) is 0 Å². The maximum Gasteiger partial charge on any atom is 0.131 e. The number of aromatic nitrogens is 2. The summed E-state index contributed by atoms with van der Waals surface area (Å²) in [5, 5.41) is 1.31. The number of H-pyrrole nitrogens is 1. The first kappa shape index (κ1) is 18.1. The Morgan fingerprint density at radius 1 is 1.15 bits per heavy atom. The van der Waals surface area contributed by atoms with Gasteiger partial charge in [-0.05, 0) is 48.4 Å². The zero-order valence-electron chi connectivity index (χ0n) is 16.5. The molecular weight excluding hydrogens is 332 g/mol. The maximum absolute atomic E-state index is 4.69. The van der Waals surface area contributed by atoms with Gasteiger partial charge in [0.25, 0.3) is 0 Å². The fraction of sp³-hybridized carbons (Fsp3) is 0.435. The van der Waals surface area contributed by atoms with Crippen molar-refractivity contribution in [2.24, 2.45) is 0 Å². The summed E-state index contributed by atoms with van der Waals surface area (Å²) in [5.41, 5.74) is 3.93. The van der Waals surface area contributed by atoms with Gasteiger partial charge >= 0.3 is 0 Å². The van der Waals surface area contributed by atoms with E-state index < -0.39 is 0 Å². The predicted octanol–water partition coefficient (Wildman–Crippen LogP) is 4.62. The van der Waals surface area contributed by atoms with E-state index >= 15 is 0 Å². The first-order valence-corrected chi connectivity index (χ1v) is 10.2. The lowest BCUT2D eigenvalue weighted by molar-refractivity contribution is 0.201. The number of rotatable bonds is 6. The molecule has 1 N–H and O–H groups in total. The van der Waals surface area contributed by atoms with E-state index in [0.717, 1.165) is 32.5 Å². The zero-order chi connectivity index (χ0) is 18.6. The lowest BCUT2D eigenvalue weighted by Crippen LogP contribution is -2.43. The van der Waals surface area contributed by atoms with Crippen molar-refractivity contribution in [3.8, 4) is 0 Å². The molecule has 1 aromatic carbocycles. The molecular formula is C23H30N4. The number of likely N-dealkylation sites (tertiary alicyclic amines) is 1. The number of benzene rings is 1. The van der Waals surface area contributed by atoms with Crippen molar-refractivity contribution in [2.75, 3.05) is 25.0 Å². The van der Waals surface area contributed by atoms with Crippen LogP contribution in [0.2, 0.25) is 0 Å². The van der Waals surface area contributed by atoms with Gasteiger partial charge in [-0.25, -0.2) is 4.98 Å². The second-order valence-corrected chi connectivity index (χ2v) is 7.74. The monoisotopic (exact) mass is 362 g/mol. The van der Waals surface area contributed by atoms with Crippen LogP contribution >= 0.6 is 0 Å². The third-order valence-corrected chi connectivity index (χ3v) is 5.81. The fourth-order valence-corrected chi connectivity index (χ4v) is 4.31. The van der Waals surface area contributed by atoms with Crippen LogP contribution in [0.1, 0.15) is 37.4 Å². The van der Waals surface area contributed by atoms with Crippen LogP contribution in [0.25, 0.3) is 10.9 Å². The van der Waals surface area contributed by atoms with Gasteiger partial charge in [0.2, 0.25) is 0 Å². The minimum atomic E-state index is 0.578. The van der Waals surface area contributed by atoms with Crippen LogP contribution in [0.4, 0.5) is 5.82 Å². The molecule has 2 aromatic heterocycles. The summed E-state index contributed by atoms with van der Waals surface area (Å²) in [6, 6.07) is 15.7. The topological polar surface area (TPSA) is 35.2 Å². The predicted molar refractivity (Wildman–Crippen MR) is 113 cm³/mol. The summed E-state index contributed by atoms with van der Waals surface area (Å²) in [5.74, 6) is 1.17. The molecule has 1 saturated heterocycles. The summed E-state index contributed by atoms with van der Waals surface area (Å²) < 4.78 is 0. The van der Waals surface area contributed by atoms with E-state index in [1.807, 2.05) is 6.20 Å². The molecule has 0 amide bonds. The van der Waals surface area contributed by atoms with Gasteiger partial charge in [-0.3, -0.25) is 4.90 Å². The summed E-state index contributed by atoms with van der Waals surface area (Å²) >= 11 is 0. The number of anilines is 1. The molecule has 142 valence electrons. The SMILES string of the molecule is CCCc1cccnc1N(C)C1CCN(Cc2cc3ccccc3[nH]2)CC1. The molecule has 4 heteroatoms. The summed E-state index contributed by atoms with van der Waals surface area (Å²) in [4.78, 5) is 13.2. The lowest BCUT2D eigenvalue weighted by atomic mass is 10.0. The molecule has 0 radical (unpaired) electrons. The number of hydrogen-bond acceptors (Lipinski definition) is 3. The van der Waals surface area contributed by atoms with E-state index in [1.54, 1.807) is 0 Å². The number of pyridine rings is 1. The van der Waals surface area contributed by atoms with E-state index in [9.17, 15) is 0 Å². The molecule has 3 aromatic rings. The van der Waals surface area contributed by atoms with Gasteiger partial charge in [0.1, 0.15) is 5.82 Å². The molecule has 3 heterocycles. The Kier molecular flexibility index (Phi) is 5.44. The standard InChI is InChI=1S/C23H30N4/c1-3-7-18-9-6-13-24-23(18)26(2)21-11-14-27(15-12-21)17-20-16-19-8-4-5-10-22(19)25-20/h4-6,8-10,13,16,21,25H,3,7,11-12,14-15,17H2,1-2H3. The highest BCUT2D eigenvalue weighted by molar-refractivity contribution is 5.80. The molecule has 0 aliphatic carbocycles. The van der Waals surface area contributed by atoms with Crippen molar-refractivity contribution in [1.29, 1.82) is 0 Å². The van der Waals surface area contributed by atoms with Crippen LogP contribution < -0.4 is 4.90 Å². The van der Waals surface area contributed by atoms with Crippen molar-refractivity contribution >= 4 is 16.7 Å².